The van der Waals surface area contributed by atoms with Gasteiger partial charge in [0.2, 0.25) is 15.9 Å². The molecule has 0 spiro atoms. The molecule has 0 saturated heterocycles. The molecule has 0 unspecified atom stereocenters. The number of aryl methyl sites for hydroxylation is 1. The Hall–Kier alpha value is -2.38. The average Bonchev–Trinajstić information content (AvgIpc) is 2.57. The van der Waals surface area contributed by atoms with E-state index in [1.807, 2.05) is 6.92 Å². The van der Waals surface area contributed by atoms with Crippen LogP contribution in [0.1, 0.15) is 25.0 Å². The Balaban J connectivity index is 2.22. The van der Waals surface area contributed by atoms with Gasteiger partial charge < -0.3 is 11.1 Å². The molecule has 0 bridgehead atoms. The van der Waals surface area contributed by atoms with Gasteiger partial charge in [0.15, 0.2) is 0 Å². The van der Waals surface area contributed by atoms with Crippen molar-refractivity contribution in [3.05, 3.63) is 53.6 Å². The van der Waals surface area contributed by atoms with Crippen LogP contribution in [-0.2, 0) is 21.2 Å². The molecule has 2 aromatic carbocycles. The van der Waals surface area contributed by atoms with Crippen molar-refractivity contribution < 1.29 is 13.2 Å². The highest BCUT2D eigenvalue weighted by Gasteiger charge is 2.23. The van der Waals surface area contributed by atoms with E-state index >= 15 is 0 Å². The molecular formula is C19H25N3O3S. The lowest BCUT2D eigenvalue weighted by Gasteiger charge is -2.21. The van der Waals surface area contributed by atoms with Gasteiger partial charge in [0.25, 0.3) is 0 Å². The lowest BCUT2D eigenvalue weighted by Crippen LogP contribution is -2.33. The predicted octanol–water partition coefficient (Wildman–Crippen LogP) is 2.79. The Kier molecular flexibility index (Phi) is 6.05. The van der Waals surface area contributed by atoms with Gasteiger partial charge in [-0.15, -0.1) is 0 Å². The number of hydrogen-bond acceptors (Lipinski definition) is 4. The van der Waals surface area contributed by atoms with Gasteiger partial charge in [-0.1, -0.05) is 18.2 Å². The fourth-order valence-corrected chi connectivity index (χ4v) is 3.75. The second-order valence-corrected chi connectivity index (χ2v) is 8.56. The Morgan fingerprint density at radius 2 is 1.77 bits per heavy atom. The Labute approximate surface area is 155 Å². The van der Waals surface area contributed by atoms with E-state index in [1.165, 1.54) is 10.4 Å². The fourth-order valence-electron chi connectivity index (χ4n) is 2.36. The molecule has 1 amide bonds. The summed E-state index contributed by atoms with van der Waals surface area (Å²) < 4.78 is 26.6. The summed E-state index contributed by atoms with van der Waals surface area (Å²) in [5.74, 6) is -0.218. The predicted molar refractivity (Wildman–Crippen MR) is 104 cm³/mol. The number of nitrogen functional groups attached to an aromatic ring is 1. The van der Waals surface area contributed by atoms with Crippen molar-refractivity contribution in [2.45, 2.75) is 38.1 Å². The first-order valence-electron chi connectivity index (χ1n) is 8.34. The molecule has 7 heteroatoms. The molecular weight excluding hydrogens is 350 g/mol. The maximum absolute atomic E-state index is 12.6. The van der Waals surface area contributed by atoms with E-state index in [9.17, 15) is 13.2 Å². The van der Waals surface area contributed by atoms with Crippen LogP contribution in [0.15, 0.2) is 47.4 Å². The lowest BCUT2D eigenvalue weighted by atomic mass is 10.1. The van der Waals surface area contributed by atoms with Crippen molar-refractivity contribution in [3.63, 3.8) is 0 Å². The first-order valence-corrected chi connectivity index (χ1v) is 9.78. The van der Waals surface area contributed by atoms with Gasteiger partial charge >= 0.3 is 0 Å². The van der Waals surface area contributed by atoms with Crippen LogP contribution in [-0.4, -0.2) is 31.7 Å². The van der Waals surface area contributed by atoms with Crippen LogP contribution in [0.25, 0.3) is 0 Å². The van der Waals surface area contributed by atoms with Gasteiger partial charge in [-0.05, 0) is 56.2 Å². The highest BCUT2D eigenvalue weighted by Crippen LogP contribution is 2.23. The van der Waals surface area contributed by atoms with E-state index in [1.54, 1.807) is 57.3 Å². The third-order valence-electron chi connectivity index (χ3n) is 4.23. The third-order valence-corrected chi connectivity index (χ3v) is 6.26. The standard InChI is InChI=1S/C19H25N3O3S/c1-13(2)22(4)26(24,25)17-10-5-14(3)18(12-17)21-19(23)11-15-6-8-16(20)9-7-15/h5-10,12-13H,11,20H2,1-4H3,(H,21,23). The van der Waals surface area contributed by atoms with E-state index in [4.69, 9.17) is 5.73 Å². The van der Waals surface area contributed by atoms with E-state index in [-0.39, 0.29) is 23.3 Å². The molecule has 6 nitrogen and oxygen atoms in total. The number of nitrogens with two attached hydrogens (primary N) is 1. The minimum atomic E-state index is -3.61. The van der Waals surface area contributed by atoms with Gasteiger partial charge in [-0.25, -0.2) is 8.42 Å². The average molecular weight is 375 g/mol. The molecule has 2 aromatic rings. The Morgan fingerprint density at radius 3 is 2.35 bits per heavy atom. The van der Waals surface area contributed by atoms with Crippen molar-refractivity contribution >= 4 is 27.3 Å². The quantitative estimate of drug-likeness (QED) is 0.759. The number of sulfonamides is 1. The molecule has 0 heterocycles. The summed E-state index contributed by atoms with van der Waals surface area (Å²) in [6, 6.07) is 11.7. The summed E-state index contributed by atoms with van der Waals surface area (Å²) in [6.07, 6.45) is 0.183. The van der Waals surface area contributed by atoms with Gasteiger partial charge in [-0.3, -0.25) is 4.79 Å². The zero-order chi connectivity index (χ0) is 19.5. The molecule has 26 heavy (non-hydrogen) atoms. The SMILES string of the molecule is Cc1ccc(S(=O)(=O)N(C)C(C)C)cc1NC(=O)Cc1ccc(N)cc1. The number of anilines is 2. The summed E-state index contributed by atoms with van der Waals surface area (Å²) in [5.41, 5.74) is 8.39. The van der Waals surface area contributed by atoms with Gasteiger partial charge in [0.1, 0.15) is 0 Å². The van der Waals surface area contributed by atoms with Crippen LogP contribution in [0.4, 0.5) is 11.4 Å². The van der Waals surface area contributed by atoms with Gasteiger partial charge in [-0.2, -0.15) is 4.31 Å². The molecule has 0 aromatic heterocycles. The number of benzene rings is 2. The smallest absolute Gasteiger partial charge is 0.243 e. The summed E-state index contributed by atoms with van der Waals surface area (Å²) in [4.78, 5) is 12.5. The maximum Gasteiger partial charge on any atom is 0.243 e. The lowest BCUT2D eigenvalue weighted by molar-refractivity contribution is -0.115. The fraction of sp³-hybridized carbons (Fsp3) is 0.316. The molecule has 0 aliphatic rings. The second-order valence-electron chi connectivity index (χ2n) is 6.56. The third kappa shape index (κ3) is 4.62. The van der Waals surface area contributed by atoms with E-state index < -0.39 is 10.0 Å². The summed E-state index contributed by atoms with van der Waals surface area (Å²) >= 11 is 0. The highest BCUT2D eigenvalue weighted by atomic mass is 32.2. The van der Waals surface area contributed by atoms with Crippen molar-refractivity contribution in [1.29, 1.82) is 0 Å². The molecule has 0 aliphatic carbocycles. The molecule has 0 radical (unpaired) electrons. The topological polar surface area (TPSA) is 92.5 Å². The number of nitrogens with zero attached hydrogens (tertiary/aromatic N) is 1. The molecule has 140 valence electrons. The van der Waals surface area contributed by atoms with Crippen LogP contribution in [0, 0.1) is 6.92 Å². The number of carbonyl (C=O) groups excluding carboxylic acids is 1. The first-order chi connectivity index (χ1) is 12.1. The molecule has 0 aliphatic heterocycles. The normalized spacial score (nSPS) is 11.8. The van der Waals surface area contributed by atoms with Crippen molar-refractivity contribution in [1.82, 2.24) is 4.31 Å². The molecule has 0 fully saturated rings. The highest BCUT2D eigenvalue weighted by molar-refractivity contribution is 7.89. The molecule has 3 N–H and O–H groups in total. The van der Waals surface area contributed by atoms with Crippen molar-refractivity contribution in [3.8, 4) is 0 Å². The minimum absolute atomic E-state index is 0.155. The van der Waals surface area contributed by atoms with Crippen molar-refractivity contribution in [2.24, 2.45) is 0 Å². The van der Waals surface area contributed by atoms with Gasteiger partial charge in [0.05, 0.1) is 11.3 Å². The monoisotopic (exact) mass is 375 g/mol. The van der Waals surface area contributed by atoms with Crippen LogP contribution in [0.3, 0.4) is 0 Å². The summed E-state index contributed by atoms with van der Waals surface area (Å²) in [7, 11) is -2.07. The van der Waals surface area contributed by atoms with E-state index in [0.29, 0.717) is 11.4 Å². The Morgan fingerprint density at radius 1 is 1.15 bits per heavy atom. The summed E-state index contributed by atoms with van der Waals surface area (Å²) in [6.45, 7) is 5.43. The molecule has 2 rings (SSSR count). The first kappa shape index (κ1) is 19.9. The number of carbonyl (C=O) groups is 1. The largest absolute Gasteiger partial charge is 0.399 e. The zero-order valence-corrected chi connectivity index (χ0v) is 16.3. The molecule has 0 atom stereocenters. The maximum atomic E-state index is 12.6. The second kappa shape index (κ2) is 7.88. The minimum Gasteiger partial charge on any atom is -0.399 e. The number of nitrogens with one attached hydrogen (secondary N) is 1. The van der Waals surface area contributed by atoms with E-state index in [0.717, 1.165) is 11.1 Å². The van der Waals surface area contributed by atoms with Gasteiger partial charge in [0, 0.05) is 24.5 Å². The summed E-state index contributed by atoms with van der Waals surface area (Å²) in [5, 5.41) is 2.80. The van der Waals surface area contributed by atoms with Crippen LogP contribution >= 0.6 is 0 Å². The van der Waals surface area contributed by atoms with Crippen molar-refractivity contribution in [2.75, 3.05) is 18.1 Å². The number of amides is 1. The van der Waals surface area contributed by atoms with E-state index in [2.05, 4.69) is 5.32 Å². The van der Waals surface area contributed by atoms with Crippen LogP contribution < -0.4 is 11.1 Å². The van der Waals surface area contributed by atoms with Crippen LogP contribution in [0.2, 0.25) is 0 Å². The zero-order valence-electron chi connectivity index (χ0n) is 15.5. The number of hydrogen-bond donors (Lipinski definition) is 2. The number of rotatable bonds is 6. The van der Waals surface area contributed by atoms with Crippen LogP contribution in [0.5, 0.6) is 0 Å². The molecule has 0 saturated carbocycles. The Bertz CT molecular complexity index is 891.